The van der Waals surface area contributed by atoms with Gasteiger partial charge in [0.05, 0.1) is 0 Å². The largest absolute Gasteiger partial charge is 0.356 e. The second-order valence-corrected chi connectivity index (χ2v) is 5.70. The second-order valence-electron chi connectivity index (χ2n) is 5.70. The molecule has 1 aliphatic carbocycles. The van der Waals surface area contributed by atoms with Gasteiger partial charge in [0.1, 0.15) is 0 Å². The van der Waals surface area contributed by atoms with Crippen molar-refractivity contribution in [3.8, 4) is 0 Å². The fraction of sp³-hybridized carbons (Fsp3) is 0.917. The number of amides is 1. The molecule has 1 amide bonds. The molecule has 0 aromatic heterocycles. The van der Waals surface area contributed by atoms with E-state index in [1.54, 1.807) is 0 Å². The average Bonchev–Trinajstić information content (AvgIpc) is 2.86. The fourth-order valence-electron chi connectivity index (χ4n) is 2.38. The number of carbonyl (C=O) groups excluding carboxylic acids is 1. The van der Waals surface area contributed by atoms with Crippen LogP contribution >= 0.6 is 12.4 Å². The van der Waals surface area contributed by atoms with Crippen LogP contribution in [0.1, 0.15) is 33.1 Å². The highest BCUT2D eigenvalue weighted by atomic mass is 35.5. The van der Waals surface area contributed by atoms with Gasteiger partial charge in [-0.15, -0.1) is 12.4 Å². The van der Waals surface area contributed by atoms with Crippen molar-refractivity contribution in [1.82, 2.24) is 10.6 Å². The molecule has 0 aromatic carbocycles. The lowest BCUT2D eigenvalue weighted by Crippen LogP contribution is -2.38. The average molecular weight is 247 g/mol. The molecular formula is C12H23ClN2O. The van der Waals surface area contributed by atoms with Crippen LogP contribution in [0.15, 0.2) is 0 Å². The molecule has 2 N–H and O–H groups in total. The van der Waals surface area contributed by atoms with E-state index in [0.717, 1.165) is 26.1 Å². The Balaban J connectivity index is 0.00000128. The molecule has 4 heteroatoms. The topological polar surface area (TPSA) is 41.1 Å². The molecule has 1 heterocycles. The summed E-state index contributed by atoms with van der Waals surface area (Å²) in [5.74, 6) is 1.18. The van der Waals surface area contributed by atoms with E-state index in [1.165, 1.54) is 12.8 Å². The summed E-state index contributed by atoms with van der Waals surface area (Å²) in [6, 6.07) is 0. The summed E-state index contributed by atoms with van der Waals surface area (Å²) in [6.45, 7) is 7.39. The minimum atomic E-state index is 0. The van der Waals surface area contributed by atoms with Gasteiger partial charge in [-0.25, -0.2) is 0 Å². The van der Waals surface area contributed by atoms with E-state index in [9.17, 15) is 4.79 Å². The molecule has 3 nitrogen and oxygen atoms in total. The maximum Gasteiger partial charge on any atom is 0.223 e. The highest BCUT2D eigenvalue weighted by Gasteiger charge is 2.50. The monoisotopic (exact) mass is 246 g/mol. The van der Waals surface area contributed by atoms with E-state index in [2.05, 4.69) is 24.5 Å². The maximum absolute atomic E-state index is 11.7. The van der Waals surface area contributed by atoms with E-state index >= 15 is 0 Å². The van der Waals surface area contributed by atoms with E-state index in [-0.39, 0.29) is 29.6 Å². The Labute approximate surface area is 104 Å². The van der Waals surface area contributed by atoms with Gasteiger partial charge in [-0.05, 0) is 43.7 Å². The molecule has 1 saturated carbocycles. The third kappa shape index (κ3) is 3.36. The Kier molecular flexibility index (Phi) is 4.62. The van der Waals surface area contributed by atoms with Crippen LogP contribution in [0.3, 0.4) is 0 Å². The maximum atomic E-state index is 11.7. The third-order valence-corrected chi connectivity index (χ3v) is 3.79. The molecule has 2 atom stereocenters. The van der Waals surface area contributed by atoms with Gasteiger partial charge in [0.15, 0.2) is 0 Å². The van der Waals surface area contributed by atoms with Crippen molar-refractivity contribution in [2.75, 3.05) is 19.6 Å². The standard InChI is InChI=1S/C12H22N2O.ClH/c1-12(2)6-10(12)11(15)14-8-9-4-3-5-13-7-9;/h9-10,13H,3-8H2,1-2H3,(H,14,15);1H. The number of nitrogens with one attached hydrogen (secondary N) is 2. The van der Waals surface area contributed by atoms with Gasteiger partial charge < -0.3 is 10.6 Å². The van der Waals surface area contributed by atoms with E-state index < -0.39 is 0 Å². The van der Waals surface area contributed by atoms with Gasteiger partial charge in [0, 0.05) is 12.5 Å². The Hall–Kier alpha value is -0.280. The summed E-state index contributed by atoms with van der Waals surface area (Å²) in [7, 11) is 0. The lowest BCUT2D eigenvalue weighted by molar-refractivity contribution is -0.123. The molecule has 2 aliphatic rings. The summed E-state index contributed by atoms with van der Waals surface area (Å²) < 4.78 is 0. The van der Waals surface area contributed by atoms with Crippen molar-refractivity contribution >= 4 is 18.3 Å². The molecule has 2 rings (SSSR count). The first-order chi connectivity index (χ1) is 7.09. The summed E-state index contributed by atoms with van der Waals surface area (Å²) in [4.78, 5) is 11.7. The van der Waals surface area contributed by atoms with Crippen LogP contribution in [0.5, 0.6) is 0 Å². The number of rotatable bonds is 3. The zero-order chi connectivity index (χ0) is 10.9. The summed E-state index contributed by atoms with van der Waals surface area (Å²) in [6.07, 6.45) is 3.55. The van der Waals surface area contributed by atoms with Crippen LogP contribution in [-0.2, 0) is 4.79 Å². The second kappa shape index (κ2) is 5.37. The molecule has 0 radical (unpaired) electrons. The van der Waals surface area contributed by atoms with Crippen molar-refractivity contribution in [1.29, 1.82) is 0 Å². The Morgan fingerprint density at radius 1 is 1.50 bits per heavy atom. The van der Waals surface area contributed by atoms with Gasteiger partial charge in [-0.2, -0.15) is 0 Å². The van der Waals surface area contributed by atoms with E-state index in [1.807, 2.05) is 0 Å². The normalized spacial score (nSPS) is 31.4. The minimum Gasteiger partial charge on any atom is -0.356 e. The first-order valence-electron chi connectivity index (χ1n) is 6.08. The molecular weight excluding hydrogens is 224 g/mol. The van der Waals surface area contributed by atoms with Crippen molar-refractivity contribution in [3.05, 3.63) is 0 Å². The smallest absolute Gasteiger partial charge is 0.223 e. The molecule has 94 valence electrons. The highest BCUT2D eigenvalue weighted by molar-refractivity contribution is 5.85. The molecule has 0 bridgehead atoms. The molecule has 2 unspecified atom stereocenters. The van der Waals surface area contributed by atoms with Crippen molar-refractivity contribution < 1.29 is 4.79 Å². The third-order valence-electron chi connectivity index (χ3n) is 3.79. The minimum absolute atomic E-state index is 0. The summed E-state index contributed by atoms with van der Waals surface area (Å²) in [5, 5.41) is 6.46. The Morgan fingerprint density at radius 2 is 2.19 bits per heavy atom. The molecule has 16 heavy (non-hydrogen) atoms. The predicted octanol–water partition coefficient (Wildman–Crippen LogP) is 1.57. The van der Waals surface area contributed by atoms with E-state index in [0.29, 0.717) is 5.92 Å². The zero-order valence-corrected chi connectivity index (χ0v) is 11.0. The van der Waals surface area contributed by atoms with Gasteiger partial charge in [-0.3, -0.25) is 4.79 Å². The quantitative estimate of drug-likeness (QED) is 0.794. The fourth-order valence-corrected chi connectivity index (χ4v) is 2.38. The molecule has 2 fully saturated rings. The number of piperidine rings is 1. The van der Waals surface area contributed by atoms with E-state index in [4.69, 9.17) is 0 Å². The summed E-state index contributed by atoms with van der Waals surface area (Å²) in [5.41, 5.74) is 0.259. The van der Waals surface area contributed by atoms with Crippen LogP contribution in [0.4, 0.5) is 0 Å². The number of hydrogen-bond donors (Lipinski definition) is 2. The van der Waals surface area contributed by atoms with Gasteiger partial charge in [0.2, 0.25) is 5.91 Å². The van der Waals surface area contributed by atoms with Crippen LogP contribution in [0, 0.1) is 17.3 Å². The SMILES string of the molecule is CC1(C)CC1C(=O)NCC1CCCNC1.Cl. The molecule has 1 saturated heterocycles. The lowest BCUT2D eigenvalue weighted by Gasteiger charge is -2.23. The number of halogens is 1. The van der Waals surface area contributed by atoms with Crippen LogP contribution in [-0.4, -0.2) is 25.5 Å². The van der Waals surface area contributed by atoms with Crippen LogP contribution < -0.4 is 10.6 Å². The Morgan fingerprint density at radius 3 is 2.69 bits per heavy atom. The lowest BCUT2D eigenvalue weighted by atomic mass is 9.99. The molecule has 0 aromatic rings. The number of hydrogen-bond acceptors (Lipinski definition) is 2. The first-order valence-corrected chi connectivity index (χ1v) is 6.08. The molecule has 0 spiro atoms. The van der Waals surface area contributed by atoms with Gasteiger partial charge in [0.25, 0.3) is 0 Å². The van der Waals surface area contributed by atoms with Crippen molar-refractivity contribution in [2.24, 2.45) is 17.3 Å². The van der Waals surface area contributed by atoms with Crippen molar-refractivity contribution in [3.63, 3.8) is 0 Å². The van der Waals surface area contributed by atoms with Crippen molar-refractivity contribution in [2.45, 2.75) is 33.1 Å². The first kappa shape index (κ1) is 13.8. The highest BCUT2D eigenvalue weighted by Crippen LogP contribution is 2.51. The predicted molar refractivity (Wildman–Crippen MR) is 67.7 cm³/mol. The molecule has 1 aliphatic heterocycles. The van der Waals surface area contributed by atoms with Gasteiger partial charge in [-0.1, -0.05) is 13.8 Å². The van der Waals surface area contributed by atoms with Crippen LogP contribution in [0.25, 0.3) is 0 Å². The summed E-state index contributed by atoms with van der Waals surface area (Å²) >= 11 is 0. The zero-order valence-electron chi connectivity index (χ0n) is 10.2. The van der Waals surface area contributed by atoms with Crippen LogP contribution in [0.2, 0.25) is 0 Å². The number of carbonyl (C=O) groups is 1. The van der Waals surface area contributed by atoms with Gasteiger partial charge >= 0.3 is 0 Å². The Bertz CT molecular complexity index is 249.